The molecule has 120 valence electrons. The summed E-state index contributed by atoms with van der Waals surface area (Å²) in [7, 11) is 1.23. The Morgan fingerprint density at radius 3 is 2.29 bits per heavy atom. The normalized spacial score (nSPS) is 14.1. The van der Waals surface area contributed by atoms with Gasteiger partial charge in [-0.25, -0.2) is 0 Å². The predicted molar refractivity (Wildman–Crippen MR) is 69.8 cm³/mol. The van der Waals surface area contributed by atoms with Crippen molar-refractivity contribution in [2.24, 2.45) is 0 Å². The fraction of sp³-hybridized carbons (Fsp3) is 0.571. The van der Waals surface area contributed by atoms with Crippen LogP contribution in [0.5, 0.6) is 5.75 Å². The minimum atomic E-state index is -5.65. The van der Waals surface area contributed by atoms with E-state index in [2.05, 4.69) is 5.32 Å². The number of aryl methyl sites for hydroxylation is 1. The maximum Gasteiger partial charge on any atom is 0.455 e. The van der Waals surface area contributed by atoms with Gasteiger partial charge in [-0.2, -0.15) is 22.0 Å². The number of halogens is 5. The van der Waals surface area contributed by atoms with E-state index in [0.29, 0.717) is 12.0 Å². The number of hydrogen-bond acceptors (Lipinski definition) is 2. The summed E-state index contributed by atoms with van der Waals surface area (Å²) in [4.78, 5) is 0. The van der Waals surface area contributed by atoms with Crippen molar-refractivity contribution in [2.45, 2.75) is 38.4 Å². The molecule has 21 heavy (non-hydrogen) atoms. The Morgan fingerprint density at radius 2 is 1.81 bits per heavy atom. The van der Waals surface area contributed by atoms with Gasteiger partial charge in [0.1, 0.15) is 11.8 Å². The number of methoxy groups -OCH3 is 1. The van der Waals surface area contributed by atoms with E-state index in [4.69, 9.17) is 4.74 Å². The quantitative estimate of drug-likeness (QED) is 0.793. The van der Waals surface area contributed by atoms with Crippen LogP contribution in [0.1, 0.15) is 30.5 Å². The molecular weight excluding hydrogens is 293 g/mol. The van der Waals surface area contributed by atoms with Crippen molar-refractivity contribution in [3.05, 3.63) is 29.3 Å². The van der Waals surface area contributed by atoms with Gasteiger partial charge in [0.25, 0.3) is 0 Å². The summed E-state index contributed by atoms with van der Waals surface area (Å²) >= 11 is 0. The van der Waals surface area contributed by atoms with Crippen LogP contribution in [0.3, 0.4) is 0 Å². The molecule has 1 N–H and O–H groups in total. The Bertz CT molecular complexity index is 473. The molecule has 0 bridgehead atoms. The Labute approximate surface area is 120 Å². The largest absolute Gasteiger partial charge is 0.496 e. The summed E-state index contributed by atoms with van der Waals surface area (Å²) in [6.07, 6.45) is -5.22. The van der Waals surface area contributed by atoms with Crippen molar-refractivity contribution >= 4 is 0 Å². The molecule has 1 aromatic rings. The third kappa shape index (κ3) is 3.84. The summed E-state index contributed by atoms with van der Waals surface area (Å²) in [5.74, 6) is -4.90. The van der Waals surface area contributed by atoms with Crippen LogP contribution in [0, 0.1) is 6.92 Å². The summed E-state index contributed by atoms with van der Waals surface area (Å²) in [5.41, 5.74) is 0.375. The van der Waals surface area contributed by atoms with Gasteiger partial charge in [-0.3, -0.25) is 0 Å². The summed E-state index contributed by atoms with van der Waals surface area (Å²) in [6.45, 7) is 3.34. The summed E-state index contributed by atoms with van der Waals surface area (Å²) < 4.78 is 70.7. The highest BCUT2D eigenvalue weighted by Crippen LogP contribution is 2.46. The molecule has 1 atom stereocenters. The van der Waals surface area contributed by atoms with E-state index in [9.17, 15) is 22.0 Å². The van der Waals surface area contributed by atoms with E-state index in [1.54, 1.807) is 19.9 Å². The van der Waals surface area contributed by atoms with E-state index in [0.717, 1.165) is 0 Å². The number of benzene rings is 1. The molecule has 0 aromatic heterocycles. The maximum atomic E-state index is 13.8. The average Bonchev–Trinajstić information content (AvgIpc) is 2.38. The van der Waals surface area contributed by atoms with Crippen molar-refractivity contribution in [2.75, 3.05) is 13.7 Å². The van der Waals surface area contributed by atoms with E-state index in [1.165, 1.54) is 19.2 Å². The van der Waals surface area contributed by atoms with Gasteiger partial charge >= 0.3 is 12.1 Å². The fourth-order valence-electron chi connectivity index (χ4n) is 1.97. The van der Waals surface area contributed by atoms with Crippen molar-refractivity contribution in [3.63, 3.8) is 0 Å². The van der Waals surface area contributed by atoms with E-state index in [-0.39, 0.29) is 17.9 Å². The zero-order valence-electron chi connectivity index (χ0n) is 12.0. The van der Waals surface area contributed by atoms with E-state index in [1.807, 2.05) is 0 Å². The second-order valence-corrected chi connectivity index (χ2v) is 4.75. The van der Waals surface area contributed by atoms with Crippen LogP contribution in [0.2, 0.25) is 0 Å². The molecule has 2 nitrogen and oxygen atoms in total. The van der Waals surface area contributed by atoms with Crippen LogP contribution in [0.4, 0.5) is 22.0 Å². The molecule has 0 saturated heterocycles. The number of alkyl halides is 5. The van der Waals surface area contributed by atoms with Gasteiger partial charge in [0.05, 0.1) is 7.11 Å². The Hall–Kier alpha value is -1.37. The lowest BCUT2D eigenvalue weighted by molar-refractivity contribution is -0.294. The van der Waals surface area contributed by atoms with Gasteiger partial charge in [0.2, 0.25) is 0 Å². The van der Waals surface area contributed by atoms with Crippen LogP contribution in [-0.2, 0) is 0 Å². The first-order valence-electron chi connectivity index (χ1n) is 6.47. The van der Waals surface area contributed by atoms with Crippen LogP contribution in [0.25, 0.3) is 0 Å². The molecule has 7 heteroatoms. The molecule has 0 heterocycles. The minimum Gasteiger partial charge on any atom is -0.496 e. The maximum absolute atomic E-state index is 13.8. The average molecular weight is 311 g/mol. The molecule has 0 aliphatic heterocycles. The lowest BCUT2D eigenvalue weighted by Gasteiger charge is -2.30. The van der Waals surface area contributed by atoms with E-state index >= 15 is 0 Å². The van der Waals surface area contributed by atoms with Crippen LogP contribution in [0.15, 0.2) is 18.2 Å². The van der Waals surface area contributed by atoms with Crippen molar-refractivity contribution in [1.82, 2.24) is 5.32 Å². The zero-order valence-corrected chi connectivity index (χ0v) is 12.0. The lowest BCUT2D eigenvalue weighted by Crippen LogP contribution is -2.48. The SMILES string of the molecule is CCCNC(c1cc(C)ccc1OC)C(F)(F)C(F)(F)F. The number of rotatable bonds is 6. The van der Waals surface area contributed by atoms with Gasteiger partial charge in [0, 0.05) is 5.56 Å². The molecular formula is C14H18F5NO. The first-order chi connectivity index (χ1) is 9.65. The highest BCUT2D eigenvalue weighted by molar-refractivity contribution is 5.40. The third-order valence-corrected chi connectivity index (χ3v) is 3.04. The molecule has 1 rings (SSSR count). The van der Waals surface area contributed by atoms with Gasteiger partial charge in [-0.1, -0.05) is 24.6 Å². The topological polar surface area (TPSA) is 21.3 Å². The standard InChI is InChI=1S/C14H18F5NO/c1-4-7-20-12(13(15,16)14(17,18)19)10-8-9(2)5-6-11(10)21-3/h5-6,8,12,20H,4,7H2,1-3H3. The second kappa shape index (κ2) is 6.60. The molecule has 0 aliphatic rings. The first kappa shape index (κ1) is 17.7. The number of hydrogen-bond donors (Lipinski definition) is 1. The zero-order chi connectivity index (χ0) is 16.3. The van der Waals surface area contributed by atoms with Crippen LogP contribution in [-0.4, -0.2) is 25.8 Å². The van der Waals surface area contributed by atoms with Crippen molar-refractivity contribution in [3.8, 4) is 5.75 Å². The van der Waals surface area contributed by atoms with Gasteiger partial charge in [0.15, 0.2) is 0 Å². The molecule has 0 radical (unpaired) electrons. The van der Waals surface area contributed by atoms with Crippen molar-refractivity contribution < 1.29 is 26.7 Å². The molecule has 0 spiro atoms. The smallest absolute Gasteiger partial charge is 0.455 e. The van der Waals surface area contributed by atoms with Gasteiger partial charge in [-0.15, -0.1) is 0 Å². The number of ether oxygens (including phenoxy) is 1. The Balaban J connectivity index is 3.35. The van der Waals surface area contributed by atoms with Crippen molar-refractivity contribution in [1.29, 1.82) is 0 Å². The third-order valence-electron chi connectivity index (χ3n) is 3.04. The second-order valence-electron chi connectivity index (χ2n) is 4.75. The lowest BCUT2D eigenvalue weighted by atomic mass is 9.97. The molecule has 1 aromatic carbocycles. The van der Waals surface area contributed by atoms with Crippen LogP contribution >= 0.6 is 0 Å². The predicted octanol–water partition coefficient (Wildman–Crippen LogP) is 4.24. The fourth-order valence-corrected chi connectivity index (χ4v) is 1.97. The highest BCUT2D eigenvalue weighted by Gasteiger charge is 2.63. The summed E-state index contributed by atoms with van der Waals surface area (Å²) in [6, 6.07) is 2.07. The monoisotopic (exact) mass is 311 g/mol. The van der Waals surface area contributed by atoms with Gasteiger partial charge in [-0.05, 0) is 26.0 Å². The van der Waals surface area contributed by atoms with Crippen LogP contribution < -0.4 is 10.1 Å². The molecule has 0 amide bonds. The first-order valence-corrected chi connectivity index (χ1v) is 6.47. The Kier molecular flexibility index (Phi) is 5.55. The molecule has 1 unspecified atom stereocenters. The summed E-state index contributed by atoms with van der Waals surface area (Å²) in [5, 5.41) is 2.28. The molecule has 0 saturated carbocycles. The highest BCUT2D eigenvalue weighted by atomic mass is 19.4. The molecule has 0 aliphatic carbocycles. The van der Waals surface area contributed by atoms with Gasteiger partial charge < -0.3 is 10.1 Å². The number of nitrogens with one attached hydrogen (secondary N) is 1. The molecule has 0 fully saturated rings. The Morgan fingerprint density at radius 1 is 1.19 bits per heavy atom. The minimum absolute atomic E-state index is 0.00173. The van der Waals surface area contributed by atoms with E-state index < -0.39 is 18.1 Å².